The number of aryl methyl sites for hydroxylation is 1. The van der Waals surface area contributed by atoms with E-state index >= 15 is 8.78 Å². The first-order valence-corrected chi connectivity index (χ1v) is 12.7. The predicted octanol–water partition coefficient (Wildman–Crippen LogP) is 3.94. The zero-order valence-corrected chi connectivity index (χ0v) is 19.2. The van der Waals surface area contributed by atoms with Crippen molar-refractivity contribution in [3.8, 4) is 0 Å². The zero-order chi connectivity index (χ0) is 23.5. The van der Waals surface area contributed by atoms with Crippen LogP contribution in [0.3, 0.4) is 0 Å². The molecule has 4 aromatic carbocycles. The van der Waals surface area contributed by atoms with E-state index in [1.807, 2.05) is 0 Å². The lowest BCUT2D eigenvalue weighted by Gasteiger charge is -2.36. The number of aliphatic hydroxyl groups excluding tert-OH is 1. The molecule has 0 aliphatic carbocycles. The molecule has 0 amide bonds. The average Bonchev–Trinajstić information content (AvgIpc) is 2.86. The van der Waals surface area contributed by atoms with Gasteiger partial charge in [-0.25, -0.2) is 0 Å². The predicted molar refractivity (Wildman–Crippen MR) is 130 cm³/mol. The van der Waals surface area contributed by atoms with Crippen molar-refractivity contribution in [1.29, 1.82) is 0 Å². The zero-order valence-electron chi connectivity index (χ0n) is 18.2. The van der Waals surface area contributed by atoms with Gasteiger partial charge in [0, 0.05) is 0 Å². The Labute approximate surface area is 193 Å². The summed E-state index contributed by atoms with van der Waals surface area (Å²) in [6.07, 6.45) is -2.26. The molecule has 4 rings (SSSR count). The molecule has 0 spiro atoms. The van der Waals surface area contributed by atoms with Crippen LogP contribution in [0.15, 0.2) is 115 Å². The first-order chi connectivity index (χ1) is 15.9. The van der Waals surface area contributed by atoms with Crippen LogP contribution in [0, 0.1) is 6.92 Å². The van der Waals surface area contributed by atoms with Crippen LogP contribution < -0.4 is 15.6 Å². The van der Waals surface area contributed by atoms with Crippen molar-refractivity contribution in [3.63, 3.8) is 0 Å². The van der Waals surface area contributed by atoms with Crippen LogP contribution in [0.2, 0.25) is 0 Å². The van der Waals surface area contributed by atoms with Gasteiger partial charge in [-0.1, -0.05) is 115 Å². The highest BCUT2D eigenvalue weighted by Gasteiger charge is 2.60. The Kier molecular flexibility index (Phi) is 6.36. The molecule has 0 aliphatic rings. The molecule has 1 unspecified atom stereocenters. The third-order valence-electron chi connectivity index (χ3n) is 6.09. The first kappa shape index (κ1) is 22.8. The number of halogens is 2. The minimum absolute atomic E-state index is 0.0490. The Bertz CT molecular complexity index is 1130. The van der Waals surface area contributed by atoms with Crippen molar-refractivity contribution >= 4 is 29.0 Å². The summed E-state index contributed by atoms with van der Waals surface area (Å²) in [7, 11) is -3.92. The molecule has 2 nitrogen and oxygen atoms in total. The largest absolute Gasteiger partial charge is 0.382 e. The molecule has 4 aromatic rings. The average molecular weight is 459 g/mol. The van der Waals surface area contributed by atoms with Gasteiger partial charge in [0.05, 0.1) is 0 Å². The van der Waals surface area contributed by atoms with Gasteiger partial charge < -0.3 is 5.11 Å². The lowest BCUT2D eigenvalue weighted by Crippen LogP contribution is -2.76. The van der Waals surface area contributed by atoms with Gasteiger partial charge in [-0.05, 0) is 33.6 Å². The van der Waals surface area contributed by atoms with Crippen LogP contribution in [-0.2, 0) is 4.79 Å². The fraction of sp³-hybridized carbons (Fsp3) is 0.107. The van der Waals surface area contributed by atoms with E-state index in [1.54, 1.807) is 116 Å². The van der Waals surface area contributed by atoms with E-state index in [-0.39, 0.29) is 5.56 Å². The number of aliphatic hydroxyl groups is 1. The van der Waals surface area contributed by atoms with E-state index in [0.29, 0.717) is 21.1 Å². The van der Waals surface area contributed by atoms with Crippen molar-refractivity contribution in [2.24, 2.45) is 0 Å². The standard InChI is InChI=1S/C28H24F2O2Si/c1-21-13-11-12-20-25(21)26(31)28(29,30)27(32)33(22-14-5-2-6-15-22,23-16-7-3-8-17-23)24-18-9-4-10-19-24/h2-20,26,31H,1H3. The highest BCUT2D eigenvalue weighted by molar-refractivity contribution is 7.30. The van der Waals surface area contributed by atoms with Gasteiger partial charge in [-0.3, -0.25) is 4.79 Å². The Morgan fingerprint density at radius 3 is 1.45 bits per heavy atom. The Balaban J connectivity index is 2.01. The second-order valence-corrected chi connectivity index (χ2v) is 11.7. The molecule has 0 aliphatic heterocycles. The number of hydrogen-bond donors (Lipinski definition) is 1. The number of rotatable bonds is 7. The monoisotopic (exact) mass is 458 g/mol. The summed E-state index contributed by atoms with van der Waals surface area (Å²) < 4.78 is 32.1. The summed E-state index contributed by atoms with van der Waals surface area (Å²) in [4.78, 5) is 14.2. The number of carbonyl (C=O) groups excluding carboxylic acids is 1. The molecule has 33 heavy (non-hydrogen) atoms. The molecular weight excluding hydrogens is 434 g/mol. The van der Waals surface area contributed by atoms with E-state index < -0.39 is 25.5 Å². The fourth-order valence-electron chi connectivity index (χ4n) is 4.42. The highest BCUT2D eigenvalue weighted by atomic mass is 28.3. The number of carbonyl (C=O) groups is 1. The van der Waals surface area contributed by atoms with Gasteiger partial charge in [-0.2, -0.15) is 8.78 Å². The molecule has 166 valence electrons. The van der Waals surface area contributed by atoms with Crippen molar-refractivity contribution in [1.82, 2.24) is 0 Å². The third-order valence-corrected chi connectivity index (χ3v) is 10.7. The van der Waals surface area contributed by atoms with Gasteiger partial charge >= 0.3 is 5.92 Å². The Hall–Kier alpha value is -3.41. The van der Waals surface area contributed by atoms with E-state index in [4.69, 9.17) is 0 Å². The van der Waals surface area contributed by atoms with Gasteiger partial charge in [0.25, 0.3) is 0 Å². The third kappa shape index (κ3) is 3.94. The van der Waals surface area contributed by atoms with Crippen molar-refractivity contribution in [2.45, 2.75) is 19.0 Å². The van der Waals surface area contributed by atoms with E-state index in [0.717, 1.165) is 0 Å². The van der Waals surface area contributed by atoms with Gasteiger partial charge in [0.15, 0.2) is 5.41 Å². The van der Waals surface area contributed by atoms with E-state index in [1.165, 1.54) is 6.07 Å². The van der Waals surface area contributed by atoms with Crippen molar-refractivity contribution in [3.05, 3.63) is 126 Å². The van der Waals surface area contributed by atoms with Crippen LogP contribution in [0.1, 0.15) is 17.2 Å². The van der Waals surface area contributed by atoms with Crippen LogP contribution in [0.5, 0.6) is 0 Å². The molecule has 0 saturated heterocycles. The smallest absolute Gasteiger partial charge is 0.331 e. The molecule has 0 radical (unpaired) electrons. The van der Waals surface area contributed by atoms with Crippen molar-refractivity contribution in [2.75, 3.05) is 0 Å². The Morgan fingerprint density at radius 1 is 0.697 bits per heavy atom. The molecule has 0 fully saturated rings. The normalized spacial score (nSPS) is 12.8. The molecule has 0 bridgehead atoms. The molecule has 0 heterocycles. The molecule has 5 heteroatoms. The van der Waals surface area contributed by atoms with Crippen LogP contribution in [0.25, 0.3) is 0 Å². The maximum atomic E-state index is 16.1. The lowest BCUT2D eigenvalue weighted by atomic mass is 9.99. The van der Waals surface area contributed by atoms with Gasteiger partial charge in [0.1, 0.15) is 6.10 Å². The lowest BCUT2D eigenvalue weighted by molar-refractivity contribution is -0.153. The topological polar surface area (TPSA) is 37.3 Å². The number of hydrogen-bond acceptors (Lipinski definition) is 2. The summed E-state index contributed by atoms with van der Waals surface area (Å²) in [6.45, 7) is 1.65. The SMILES string of the molecule is Cc1ccccc1C(O)C(F)(F)C(=O)[Si](c1ccccc1)(c1ccccc1)c1ccccc1. The van der Waals surface area contributed by atoms with Crippen LogP contribution in [-0.4, -0.2) is 24.5 Å². The molecule has 0 saturated carbocycles. The van der Waals surface area contributed by atoms with E-state index in [9.17, 15) is 9.90 Å². The highest BCUT2D eigenvalue weighted by Crippen LogP contribution is 2.36. The quantitative estimate of drug-likeness (QED) is 0.337. The molecule has 1 N–H and O–H groups in total. The number of benzene rings is 4. The van der Waals surface area contributed by atoms with Crippen molar-refractivity contribution < 1.29 is 18.7 Å². The van der Waals surface area contributed by atoms with E-state index in [2.05, 4.69) is 0 Å². The second kappa shape index (κ2) is 9.22. The second-order valence-electron chi connectivity index (χ2n) is 8.06. The maximum absolute atomic E-state index is 16.1. The summed E-state index contributed by atoms with van der Waals surface area (Å²) in [5, 5.41) is 11.2. The molecule has 0 aromatic heterocycles. The minimum Gasteiger partial charge on any atom is -0.382 e. The van der Waals surface area contributed by atoms with Crippen LogP contribution in [0.4, 0.5) is 8.78 Å². The molecule has 1 atom stereocenters. The van der Waals surface area contributed by atoms with Gasteiger partial charge in [0.2, 0.25) is 8.07 Å². The summed E-state index contributed by atoms with van der Waals surface area (Å²) in [6, 6.07) is 32.7. The fourth-order valence-corrected chi connectivity index (χ4v) is 8.92. The number of alkyl halides is 2. The minimum atomic E-state index is -4.01. The summed E-state index contributed by atoms with van der Waals surface area (Å²) in [5.74, 6) is -4.01. The van der Waals surface area contributed by atoms with Crippen LogP contribution >= 0.6 is 0 Å². The summed E-state index contributed by atoms with van der Waals surface area (Å²) in [5.41, 5.74) is 0.553. The Morgan fingerprint density at radius 2 is 1.06 bits per heavy atom. The van der Waals surface area contributed by atoms with Gasteiger partial charge in [-0.15, -0.1) is 0 Å². The summed E-state index contributed by atoms with van der Waals surface area (Å²) >= 11 is 0. The molecular formula is C28H24F2O2Si. The maximum Gasteiger partial charge on any atom is 0.331 e. The first-order valence-electron chi connectivity index (χ1n) is 10.7.